The van der Waals surface area contributed by atoms with Gasteiger partial charge in [-0.05, 0) is 19.3 Å². The van der Waals surface area contributed by atoms with Crippen LogP contribution in [0.15, 0.2) is 0 Å². The highest BCUT2D eigenvalue weighted by molar-refractivity contribution is 4.89. The first-order chi connectivity index (χ1) is 6.77. The van der Waals surface area contributed by atoms with Gasteiger partial charge in [0.2, 0.25) is 0 Å². The molecule has 1 aliphatic carbocycles. The molecule has 0 amide bonds. The number of aliphatic hydroxyl groups is 2. The minimum Gasteiger partial charge on any atom is -0.396 e. The maximum Gasteiger partial charge on any atom is 0.171 e. The van der Waals surface area contributed by atoms with Gasteiger partial charge in [0.1, 0.15) is 0 Å². The summed E-state index contributed by atoms with van der Waals surface area (Å²) in [5.74, 6) is -0.360. The van der Waals surface area contributed by atoms with Crippen LogP contribution in [0.4, 0.5) is 0 Å². The van der Waals surface area contributed by atoms with Crippen molar-refractivity contribution in [1.82, 2.24) is 0 Å². The molecule has 4 heteroatoms. The molecule has 2 aliphatic rings. The van der Waals surface area contributed by atoms with Crippen LogP contribution in [0.5, 0.6) is 0 Å². The second-order valence-electron chi connectivity index (χ2n) is 4.15. The normalized spacial score (nSPS) is 36.4. The summed E-state index contributed by atoms with van der Waals surface area (Å²) in [5.41, 5.74) is 0. The lowest BCUT2D eigenvalue weighted by molar-refractivity contribution is -0.226. The smallest absolute Gasteiger partial charge is 0.171 e. The fourth-order valence-corrected chi connectivity index (χ4v) is 2.54. The number of ether oxygens (including phenoxy) is 2. The van der Waals surface area contributed by atoms with Crippen molar-refractivity contribution >= 4 is 0 Å². The minimum atomic E-state index is -0.498. The van der Waals surface area contributed by atoms with Gasteiger partial charge in [-0.25, -0.2) is 0 Å². The number of hydrogen-bond acceptors (Lipinski definition) is 4. The van der Waals surface area contributed by atoms with Crippen LogP contribution in [0, 0.1) is 5.92 Å². The monoisotopic (exact) mass is 202 g/mol. The van der Waals surface area contributed by atoms with Crippen LogP contribution in [0.1, 0.15) is 25.7 Å². The third-order valence-corrected chi connectivity index (χ3v) is 3.26. The van der Waals surface area contributed by atoms with E-state index in [2.05, 4.69) is 0 Å². The van der Waals surface area contributed by atoms with E-state index >= 15 is 0 Å². The van der Waals surface area contributed by atoms with E-state index in [4.69, 9.17) is 14.6 Å². The Labute approximate surface area is 83.8 Å². The maximum absolute atomic E-state index is 9.56. The molecule has 0 aromatic carbocycles. The predicted octanol–water partition coefficient (Wildman–Crippen LogP) is 0.273. The standard InChI is InChI=1S/C10H18O4/c11-4-2-8-7-9(12)1-3-10(8)13-5-6-14-10/h8-9,11-12H,1-7H2. The lowest BCUT2D eigenvalue weighted by Crippen LogP contribution is -2.45. The van der Waals surface area contributed by atoms with E-state index in [1.54, 1.807) is 0 Å². The molecular formula is C10H18O4. The summed E-state index contributed by atoms with van der Waals surface area (Å²) in [6, 6.07) is 0. The van der Waals surface area contributed by atoms with Gasteiger partial charge in [-0.15, -0.1) is 0 Å². The van der Waals surface area contributed by atoms with Crippen LogP contribution in [0.25, 0.3) is 0 Å². The molecule has 1 saturated heterocycles. The molecule has 82 valence electrons. The second kappa shape index (κ2) is 4.14. The Morgan fingerprint density at radius 3 is 2.64 bits per heavy atom. The average Bonchev–Trinajstić information content (AvgIpc) is 2.62. The molecule has 1 aliphatic heterocycles. The topological polar surface area (TPSA) is 58.9 Å². The van der Waals surface area contributed by atoms with E-state index in [9.17, 15) is 5.11 Å². The van der Waals surface area contributed by atoms with Crippen molar-refractivity contribution in [3.05, 3.63) is 0 Å². The first-order valence-corrected chi connectivity index (χ1v) is 5.34. The first-order valence-electron chi connectivity index (χ1n) is 5.34. The van der Waals surface area contributed by atoms with Gasteiger partial charge in [0.15, 0.2) is 5.79 Å². The molecule has 0 bridgehead atoms. The summed E-state index contributed by atoms with van der Waals surface area (Å²) in [7, 11) is 0. The van der Waals surface area contributed by atoms with Crippen LogP contribution < -0.4 is 0 Å². The SMILES string of the molecule is OCCC1CC(O)CCC12OCCO2. The van der Waals surface area contributed by atoms with E-state index in [1.807, 2.05) is 0 Å². The van der Waals surface area contributed by atoms with E-state index in [1.165, 1.54) is 0 Å². The molecule has 2 fully saturated rings. The van der Waals surface area contributed by atoms with Crippen LogP contribution in [-0.2, 0) is 9.47 Å². The summed E-state index contributed by atoms with van der Waals surface area (Å²) < 4.78 is 11.3. The van der Waals surface area contributed by atoms with Crippen molar-refractivity contribution in [1.29, 1.82) is 0 Å². The molecule has 2 rings (SSSR count). The molecule has 1 heterocycles. The molecule has 2 atom stereocenters. The van der Waals surface area contributed by atoms with Crippen LogP contribution in [0.2, 0.25) is 0 Å². The molecule has 1 spiro atoms. The van der Waals surface area contributed by atoms with Crippen molar-refractivity contribution in [3.8, 4) is 0 Å². The zero-order valence-electron chi connectivity index (χ0n) is 8.32. The summed E-state index contributed by atoms with van der Waals surface area (Å²) in [6.07, 6.45) is 2.56. The molecular weight excluding hydrogens is 184 g/mol. The first kappa shape index (κ1) is 10.4. The van der Waals surface area contributed by atoms with Gasteiger partial charge in [-0.3, -0.25) is 0 Å². The molecule has 4 nitrogen and oxygen atoms in total. The Hall–Kier alpha value is -0.160. The van der Waals surface area contributed by atoms with Gasteiger partial charge in [0.25, 0.3) is 0 Å². The summed E-state index contributed by atoms with van der Waals surface area (Å²) in [4.78, 5) is 0. The molecule has 0 aromatic rings. The largest absolute Gasteiger partial charge is 0.396 e. The summed E-state index contributed by atoms with van der Waals surface area (Å²) in [5, 5.41) is 18.5. The molecule has 0 aromatic heterocycles. The number of rotatable bonds is 2. The zero-order chi connectivity index (χ0) is 10.0. The minimum absolute atomic E-state index is 0.131. The second-order valence-corrected chi connectivity index (χ2v) is 4.15. The van der Waals surface area contributed by atoms with Crippen molar-refractivity contribution in [2.45, 2.75) is 37.6 Å². The number of aliphatic hydroxyl groups excluding tert-OH is 2. The Morgan fingerprint density at radius 1 is 1.29 bits per heavy atom. The number of hydrogen-bond donors (Lipinski definition) is 2. The van der Waals surface area contributed by atoms with Crippen LogP contribution >= 0.6 is 0 Å². The quantitative estimate of drug-likeness (QED) is 0.675. The van der Waals surface area contributed by atoms with Gasteiger partial charge in [-0.2, -0.15) is 0 Å². The molecule has 2 unspecified atom stereocenters. The van der Waals surface area contributed by atoms with E-state index < -0.39 is 5.79 Å². The highest BCUT2D eigenvalue weighted by Crippen LogP contribution is 2.41. The molecule has 2 N–H and O–H groups in total. The van der Waals surface area contributed by atoms with E-state index in [-0.39, 0.29) is 18.6 Å². The van der Waals surface area contributed by atoms with Crippen molar-refractivity contribution in [3.63, 3.8) is 0 Å². The van der Waals surface area contributed by atoms with Crippen LogP contribution in [0.3, 0.4) is 0 Å². The van der Waals surface area contributed by atoms with Gasteiger partial charge in [0, 0.05) is 18.9 Å². The average molecular weight is 202 g/mol. The Morgan fingerprint density at radius 2 is 2.00 bits per heavy atom. The summed E-state index contributed by atoms with van der Waals surface area (Å²) >= 11 is 0. The molecule has 0 radical (unpaired) electrons. The van der Waals surface area contributed by atoms with Gasteiger partial charge in [0.05, 0.1) is 19.3 Å². The van der Waals surface area contributed by atoms with Crippen LogP contribution in [-0.4, -0.2) is 41.9 Å². The zero-order valence-corrected chi connectivity index (χ0v) is 8.32. The Kier molecular flexibility index (Phi) is 3.07. The fraction of sp³-hybridized carbons (Fsp3) is 1.00. The lowest BCUT2D eigenvalue weighted by Gasteiger charge is -2.41. The molecule has 1 saturated carbocycles. The highest BCUT2D eigenvalue weighted by Gasteiger charge is 2.47. The lowest BCUT2D eigenvalue weighted by atomic mass is 9.80. The van der Waals surface area contributed by atoms with Gasteiger partial charge in [-0.1, -0.05) is 0 Å². The van der Waals surface area contributed by atoms with Crippen molar-refractivity contribution in [2.75, 3.05) is 19.8 Å². The maximum atomic E-state index is 9.56. The third kappa shape index (κ3) is 1.80. The van der Waals surface area contributed by atoms with E-state index in [0.717, 1.165) is 12.8 Å². The predicted molar refractivity (Wildman–Crippen MR) is 49.7 cm³/mol. The summed E-state index contributed by atoms with van der Waals surface area (Å²) in [6.45, 7) is 1.40. The van der Waals surface area contributed by atoms with E-state index in [0.29, 0.717) is 26.1 Å². The third-order valence-electron chi connectivity index (χ3n) is 3.26. The van der Waals surface area contributed by atoms with Gasteiger partial charge < -0.3 is 19.7 Å². The van der Waals surface area contributed by atoms with Crippen molar-refractivity contribution < 1.29 is 19.7 Å². The molecule has 14 heavy (non-hydrogen) atoms. The Balaban J connectivity index is 2.05. The highest BCUT2D eigenvalue weighted by atomic mass is 16.7. The fourth-order valence-electron chi connectivity index (χ4n) is 2.54. The Bertz CT molecular complexity index is 189. The van der Waals surface area contributed by atoms with Gasteiger partial charge >= 0.3 is 0 Å². The van der Waals surface area contributed by atoms with Crippen molar-refractivity contribution in [2.24, 2.45) is 5.92 Å².